The number of rotatable bonds is 4. The van der Waals surface area contributed by atoms with E-state index in [9.17, 15) is 4.79 Å². The predicted octanol–water partition coefficient (Wildman–Crippen LogP) is 2.87. The Hall–Kier alpha value is -1.55. The molecule has 2 rings (SSSR count). The fourth-order valence-corrected chi connectivity index (χ4v) is 2.40. The van der Waals surface area contributed by atoms with Gasteiger partial charge in [-0.1, -0.05) is 25.3 Å². The molecule has 4 heteroatoms. The van der Waals surface area contributed by atoms with Crippen LogP contribution >= 0.6 is 0 Å². The van der Waals surface area contributed by atoms with Crippen molar-refractivity contribution in [2.45, 2.75) is 45.1 Å². The third-order valence-electron chi connectivity index (χ3n) is 3.65. The van der Waals surface area contributed by atoms with E-state index in [-0.39, 0.29) is 18.6 Å². The van der Waals surface area contributed by atoms with E-state index in [1.54, 1.807) is 0 Å². The Kier molecular flexibility index (Phi) is 4.80. The van der Waals surface area contributed by atoms with Crippen LogP contribution in [0.5, 0.6) is 0 Å². The maximum absolute atomic E-state index is 11.8. The summed E-state index contributed by atoms with van der Waals surface area (Å²) in [5.74, 6) is -0.112. The monoisotopic (exact) mass is 262 g/mol. The summed E-state index contributed by atoms with van der Waals surface area (Å²) in [6, 6.07) is 5.51. The first kappa shape index (κ1) is 13.9. The van der Waals surface area contributed by atoms with Gasteiger partial charge >= 0.3 is 0 Å². The molecule has 0 bridgehead atoms. The summed E-state index contributed by atoms with van der Waals surface area (Å²) in [6.07, 6.45) is 6.10. The van der Waals surface area contributed by atoms with Crippen LogP contribution in [-0.2, 0) is 9.53 Å². The summed E-state index contributed by atoms with van der Waals surface area (Å²) < 4.78 is 5.64. The zero-order chi connectivity index (χ0) is 13.7. The highest BCUT2D eigenvalue weighted by Gasteiger charge is 2.15. The molecule has 1 saturated carbocycles. The molecule has 0 heterocycles. The summed E-state index contributed by atoms with van der Waals surface area (Å²) >= 11 is 0. The lowest BCUT2D eigenvalue weighted by Gasteiger charge is -2.21. The van der Waals surface area contributed by atoms with Gasteiger partial charge in [0, 0.05) is 11.4 Å². The molecule has 19 heavy (non-hydrogen) atoms. The number of nitrogen functional groups attached to an aromatic ring is 1. The van der Waals surface area contributed by atoms with E-state index in [1.807, 2.05) is 25.1 Å². The average Bonchev–Trinajstić information content (AvgIpc) is 2.43. The Labute approximate surface area is 114 Å². The molecule has 1 aliphatic rings. The molecule has 0 aliphatic heterocycles. The highest BCUT2D eigenvalue weighted by Crippen LogP contribution is 2.21. The van der Waals surface area contributed by atoms with Crippen molar-refractivity contribution in [3.05, 3.63) is 23.8 Å². The topological polar surface area (TPSA) is 64.3 Å². The standard InChI is InChI=1S/C15H22N2O2/c1-11-13(16)8-5-9-14(11)17-15(18)10-19-12-6-3-2-4-7-12/h5,8-9,12H,2-4,6-7,10,16H2,1H3,(H,17,18). The number of carbonyl (C=O) groups is 1. The number of nitrogens with one attached hydrogen (secondary N) is 1. The molecule has 4 nitrogen and oxygen atoms in total. The third-order valence-corrected chi connectivity index (χ3v) is 3.65. The minimum atomic E-state index is -0.112. The van der Waals surface area contributed by atoms with Crippen molar-refractivity contribution in [1.82, 2.24) is 0 Å². The Balaban J connectivity index is 1.82. The summed E-state index contributed by atoms with van der Waals surface area (Å²) in [6.45, 7) is 2.02. The van der Waals surface area contributed by atoms with E-state index < -0.39 is 0 Å². The van der Waals surface area contributed by atoms with Crippen molar-refractivity contribution in [3.8, 4) is 0 Å². The summed E-state index contributed by atoms with van der Waals surface area (Å²) in [4.78, 5) is 11.8. The van der Waals surface area contributed by atoms with E-state index >= 15 is 0 Å². The number of carbonyl (C=O) groups excluding carboxylic acids is 1. The molecule has 1 aliphatic carbocycles. The van der Waals surface area contributed by atoms with Crippen LogP contribution in [0.1, 0.15) is 37.7 Å². The number of nitrogens with two attached hydrogens (primary N) is 1. The fraction of sp³-hybridized carbons (Fsp3) is 0.533. The molecule has 3 N–H and O–H groups in total. The quantitative estimate of drug-likeness (QED) is 0.820. The van der Waals surface area contributed by atoms with E-state index in [0.29, 0.717) is 5.69 Å². The Morgan fingerprint density at radius 3 is 2.84 bits per heavy atom. The second-order valence-corrected chi connectivity index (χ2v) is 5.14. The van der Waals surface area contributed by atoms with Gasteiger partial charge in [0.25, 0.3) is 0 Å². The van der Waals surface area contributed by atoms with Gasteiger partial charge in [0.15, 0.2) is 0 Å². The molecule has 1 aromatic carbocycles. The molecule has 1 amide bonds. The first-order valence-electron chi connectivity index (χ1n) is 6.93. The molecule has 0 atom stereocenters. The van der Waals surface area contributed by atoms with Gasteiger partial charge in [-0.05, 0) is 37.5 Å². The molecule has 0 radical (unpaired) electrons. The number of amides is 1. The first-order chi connectivity index (χ1) is 9.16. The second-order valence-electron chi connectivity index (χ2n) is 5.14. The van der Waals surface area contributed by atoms with Crippen LogP contribution in [0, 0.1) is 6.92 Å². The van der Waals surface area contributed by atoms with E-state index in [4.69, 9.17) is 10.5 Å². The van der Waals surface area contributed by atoms with Crippen LogP contribution in [0.3, 0.4) is 0 Å². The Morgan fingerprint density at radius 2 is 2.11 bits per heavy atom. The zero-order valence-electron chi connectivity index (χ0n) is 11.4. The minimum absolute atomic E-state index is 0.112. The minimum Gasteiger partial charge on any atom is -0.398 e. The normalized spacial score (nSPS) is 16.3. The Morgan fingerprint density at radius 1 is 1.37 bits per heavy atom. The first-order valence-corrected chi connectivity index (χ1v) is 6.93. The van der Waals surface area contributed by atoms with Gasteiger partial charge in [0.1, 0.15) is 6.61 Å². The molecule has 0 unspecified atom stereocenters. The van der Waals surface area contributed by atoms with Crippen molar-refractivity contribution in [1.29, 1.82) is 0 Å². The van der Waals surface area contributed by atoms with E-state index in [0.717, 1.165) is 24.1 Å². The van der Waals surface area contributed by atoms with Crippen LogP contribution in [-0.4, -0.2) is 18.6 Å². The van der Waals surface area contributed by atoms with Crippen molar-refractivity contribution in [2.75, 3.05) is 17.7 Å². The lowest BCUT2D eigenvalue weighted by Crippen LogP contribution is -2.25. The van der Waals surface area contributed by atoms with E-state index in [1.165, 1.54) is 19.3 Å². The number of hydrogen-bond donors (Lipinski definition) is 2. The molecule has 0 aromatic heterocycles. The fourth-order valence-electron chi connectivity index (χ4n) is 2.40. The van der Waals surface area contributed by atoms with Gasteiger partial charge in [0.2, 0.25) is 5.91 Å². The van der Waals surface area contributed by atoms with Crippen LogP contribution in [0.15, 0.2) is 18.2 Å². The van der Waals surface area contributed by atoms with Crippen molar-refractivity contribution >= 4 is 17.3 Å². The van der Waals surface area contributed by atoms with Crippen molar-refractivity contribution in [2.24, 2.45) is 0 Å². The van der Waals surface area contributed by atoms with Gasteiger partial charge in [-0.2, -0.15) is 0 Å². The van der Waals surface area contributed by atoms with Gasteiger partial charge in [-0.3, -0.25) is 4.79 Å². The van der Waals surface area contributed by atoms with Crippen LogP contribution in [0.25, 0.3) is 0 Å². The smallest absolute Gasteiger partial charge is 0.250 e. The summed E-state index contributed by atoms with van der Waals surface area (Å²) in [5.41, 5.74) is 8.15. The molecular formula is C15H22N2O2. The summed E-state index contributed by atoms with van der Waals surface area (Å²) in [5, 5.41) is 2.85. The van der Waals surface area contributed by atoms with Crippen LogP contribution < -0.4 is 11.1 Å². The number of benzene rings is 1. The summed E-state index contributed by atoms with van der Waals surface area (Å²) in [7, 11) is 0. The largest absolute Gasteiger partial charge is 0.398 e. The molecule has 1 aromatic rings. The highest BCUT2D eigenvalue weighted by atomic mass is 16.5. The number of hydrogen-bond acceptors (Lipinski definition) is 3. The van der Waals surface area contributed by atoms with Crippen molar-refractivity contribution < 1.29 is 9.53 Å². The molecule has 0 saturated heterocycles. The molecule has 1 fully saturated rings. The average molecular weight is 262 g/mol. The molecular weight excluding hydrogens is 240 g/mol. The van der Waals surface area contributed by atoms with Gasteiger partial charge in [0.05, 0.1) is 6.10 Å². The maximum Gasteiger partial charge on any atom is 0.250 e. The van der Waals surface area contributed by atoms with Gasteiger partial charge in [-0.15, -0.1) is 0 Å². The SMILES string of the molecule is Cc1c(N)cccc1NC(=O)COC1CCCCC1. The predicted molar refractivity (Wildman–Crippen MR) is 77.0 cm³/mol. The lowest BCUT2D eigenvalue weighted by atomic mass is 9.98. The number of anilines is 2. The zero-order valence-corrected chi connectivity index (χ0v) is 11.4. The maximum atomic E-state index is 11.8. The molecule has 104 valence electrons. The van der Waals surface area contributed by atoms with E-state index in [2.05, 4.69) is 5.32 Å². The van der Waals surface area contributed by atoms with Gasteiger partial charge < -0.3 is 15.8 Å². The second kappa shape index (κ2) is 6.57. The van der Waals surface area contributed by atoms with Crippen LogP contribution in [0.4, 0.5) is 11.4 Å². The lowest BCUT2D eigenvalue weighted by molar-refractivity contribution is -0.123. The Bertz CT molecular complexity index is 440. The number of ether oxygens (including phenoxy) is 1. The molecule has 0 spiro atoms. The highest BCUT2D eigenvalue weighted by molar-refractivity contribution is 5.93. The van der Waals surface area contributed by atoms with Crippen LogP contribution in [0.2, 0.25) is 0 Å². The van der Waals surface area contributed by atoms with Gasteiger partial charge in [-0.25, -0.2) is 0 Å². The van der Waals surface area contributed by atoms with Crippen molar-refractivity contribution in [3.63, 3.8) is 0 Å². The third kappa shape index (κ3) is 3.96.